The van der Waals surface area contributed by atoms with Gasteiger partial charge in [0.15, 0.2) is 0 Å². The van der Waals surface area contributed by atoms with Crippen LogP contribution in [-0.4, -0.2) is 65.1 Å². The van der Waals surface area contributed by atoms with E-state index < -0.39 is 0 Å². The van der Waals surface area contributed by atoms with Gasteiger partial charge in [-0.25, -0.2) is 0 Å². The first-order valence-electron chi connectivity index (χ1n) is 7.26. The minimum Gasteiger partial charge on any atom is -0.383 e. The Morgan fingerprint density at radius 1 is 0.833 bits per heavy atom. The van der Waals surface area contributed by atoms with Crippen LogP contribution < -0.4 is 5.32 Å². The van der Waals surface area contributed by atoms with Gasteiger partial charge < -0.3 is 14.8 Å². The first-order chi connectivity index (χ1) is 8.85. The molecule has 0 heterocycles. The van der Waals surface area contributed by atoms with E-state index in [1.807, 2.05) is 0 Å². The summed E-state index contributed by atoms with van der Waals surface area (Å²) in [6.45, 7) is 9.29. The summed E-state index contributed by atoms with van der Waals surface area (Å²) in [5, 5.41) is 3.44. The molecule has 0 aromatic rings. The average Bonchev–Trinajstić information content (AvgIpc) is 2.40. The van der Waals surface area contributed by atoms with E-state index in [-0.39, 0.29) is 0 Å². The van der Waals surface area contributed by atoms with E-state index >= 15 is 0 Å². The molecule has 1 N–H and O–H groups in total. The van der Waals surface area contributed by atoms with E-state index in [4.69, 9.17) is 9.47 Å². The molecule has 0 saturated carbocycles. The maximum atomic E-state index is 5.13. The number of rotatable bonds is 14. The van der Waals surface area contributed by atoms with Gasteiger partial charge in [0, 0.05) is 27.3 Å². The SMILES string of the molecule is CCCNCCCCCN(CCOC)CCOC. The van der Waals surface area contributed by atoms with Crippen molar-refractivity contribution in [3.05, 3.63) is 0 Å². The molecular weight excluding hydrogens is 228 g/mol. The first-order valence-corrected chi connectivity index (χ1v) is 7.26. The molecule has 0 aromatic carbocycles. The third-order valence-electron chi connectivity index (χ3n) is 2.98. The van der Waals surface area contributed by atoms with Crippen LogP contribution in [0.25, 0.3) is 0 Å². The molecule has 0 aliphatic carbocycles. The van der Waals surface area contributed by atoms with Crippen LogP contribution in [0.1, 0.15) is 32.6 Å². The Morgan fingerprint density at radius 3 is 2.06 bits per heavy atom. The molecule has 0 amide bonds. The molecule has 0 bridgehead atoms. The highest BCUT2D eigenvalue weighted by Gasteiger charge is 2.03. The van der Waals surface area contributed by atoms with Crippen LogP contribution in [0.2, 0.25) is 0 Å². The number of ether oxygens (including phenoxy) is 2. The van der Waals surface area contributed by atoms with Gasteiger partial charge in [-0.05, 0) is 38.9 Å². The molecule has 18 heavy (non-hydrogen) atoms. The summed E-state index contributed by atoms with van der Waals surface area (Å²) in [6.07, 6.45) is 5.07. The first kappa shape index (κ1) is 17.8. The Bertz CT molecular complexity index is 149. The van der Waals surface area contributed by atoms with Crippen molar-refractivity contribution in [3.63, 3.8) is 0 Å². The largest absolute Gasteiger partial charge is 0.383 e. The molecule has 0 atom stereocenters. The molecule has 4 heteroatoms. The summed E-state index contributed by atoms with van der Waals surface area (Å²) in [5.41, 5.74) is 0. The Kier molecular flexibility index (Phi) is 14.8. The van der Waals surface area contributed by atoms with Crippen LogP contribution in [0.3, 0.4) is 0 Å². The van der Waals surface area contributed by atoms with Crippen LogP contribution in [0.4, 0.5) is 0 Å². The van der Waals surface area contributed by atoms with E-state index in [0.29, 0.717) is 0 Å². The van der Waals surface area contributed by atoms with Crippen molar-refractivity contribution < 1.29 is 9.47 Å². The van der Waals surface area contributed by atoms with Crippen molar-refractivity contribution in [2.45, 2.75) is 32.6 Å². The highest BCUT2D eigenvalue weighted by molar-refractivity contribution is 4.58. The summed E-state index contributed by atoms with van der Waals surface area (Å²) in [7, 11) is 3.52. The monoisotopic (exact) mass is 260 g/mol. The van der Waals surface area contributed by atoms with Crippen LogP contribution in [0, 0.1) is 0 Å². The predicted molar refractivity (Wildman–Crippen MR) is 77.2 cm³/mol. The number of nitrogens with zero attached hydrogens (tertiary/aromatic N) is 1. The van der Waals surface area contributed by atoms with Gasteiger partial charge in [0.05, 0.1) is 13.2 Å². The maximum absolute atomic E-state index is 5.13. The molecule has 0 unspecified atom stereocenters. The van der Waals surface area contributed by atoms with Gasteiger partial charge >= 0.3 is 0 Å². The Labute approximate surface area is 113 Å². The lowest BCUT2D eigenvalue weighted by atomic mass is 10.2. The summed E-state index contributed by atoms with van der Waals surface area (Å²) in [4.78, 5) is 2.42. The van der Waals surface area contributed by atoms with Crippen LogP contribution in [0.15, 0.2) is 0 Å². The summed E-state index contributed by atoms with van der Waals surface area (Å²) in [5.74, 6) is 0. The molecule has 0 rings (SSSR count). The van der Waals surface area contributed by atoms with Gasteiger partial charge in [0.25, 0.3) is 0 Å². The molecule has 0 aliphatic heterocycles. The van der Waals surface area contributed by atoms with Gasteiger partial charge in [0.2, 0.25) is 0 Å². The van der Waals surface area contributed by atoms with Gasteiger partial charge in [-0.1, -0.05) is 13.3 Å². The second-order valence-electron chi connectivity index (χ2n) is 4.64. The fourth-order valence-corrected chi connectivity index (χ4v) is 1.84. The minimum absolute atomic E-state index is 0.807. The second kappa shape index (κ2) is 14.9. The van der Waals surface area contributed by atoms with Gasteiger partial charge in [-0.15, -0.1) is 0 Å². The molecule has 0 saturated heterocycles. The van der Waals surface area contributed by atoms with Crippen molar-refractivity contribution in [1.29, 1.82) is 0 Å². The van der Waals surface area contributed by atoms with Crippen LogP contribution >= 0.6 is 0 Å². The quantitative estimate of drug-likeness (QED) is 0.483. The number of hydrogen-bond donors (Lipinski definition) is 1. The van der Waals surface area contributed by atoms with Crippen molar-refractivity contribution in [1.82, 2.24) is 10.2 Å². The van der Waals surface area contributed by atoms with Gasteiger partial charge in [-0.2, -0.15) is 0 Å². The number of hydrogen-bond acceptors (Lipinski definition) is 4. The Morgan fingerprint density at radius 2 is 1.50 bits per heavy atom. The average molecular weight is 260 g/mol. The fourth-order valence-electron chi connectivity index (χ4n) is 1.84. The van der Waals surface area contributed by atoms with Crippen LogP contribution in [-0.2, 0) is 9.47 Å². The lowest BCUT2D eigenvalue weighted by Gasteiger charge is -2.21. The standard InChI is InChI=1S/C14H32N2O2/c1-4-8-15-9-6-5-7-10-16(11-13-17-2)12-14-18-3/h15H,4-14H2,1-3H3. The Hall–Kier alpha value is -0.160. The number of nitrogens with one attached hydrogen (secondary N) is 1. The highest BCUT2D eigenvalue weighted by Crippen LogP contribution is 1.99. The predicted octanol–water partition coefficient (Wildman–Crippen LogP) is 1.75. The van der Waals surface area contributed by atoms with E-state index in [9.17, 15) is 0 Å². The number of unbranched alkanes of at least 4 members (excludes halogenated alkanes) is 2. The van der Waals surface area contributed by atoms with Crippen molar-refractivity contribution in [2.75, 3.05) is 60.2 Å². The van der Waals surface area contributed by atoms with E-state index in [2.05, 4.69) is 17.1 Å². The molecule has 0 aliphatic rings. The normalized spacial score (nSPS) is 11.3. The topological polar surface area (TPSA) is 33.7 Å². The molecule has 110 valence electrons. The molecule has 0 spiro atoms. The van der Waals surface area contributed by atoms with Crippen molar-refractivity contribution in [2.24, 2.45) is 0 Å². The van der Waals surface area contributed by atoms with Crippen molar-refractivity contribution >= 4 is 0 Å². The second-order valence-corrected chi connectivity index (χ2v) is 4.64. The summed E-state index contributed by atoms with van der Waals surface area (Å²) >= 11 is 0. The van der Waals surface area contributed by atoms with Crippen LogP contribution in [0.5, 0.6) is 0 Å². The lowest BCUT2D eigenvalue weighted by Crippen LogP contribution is -2.31. The van der Waals surface area contributed by atoms with E-state index in [1.165, 1.54) is 25.7 Å². The summed E-state index contributed by atoms with van der Waals surface area (Å²) in [6, 6.07) is 0. The van der Waals surface area contributed by atoms with Crippen molar-refractivity contribution in [3.8, 4) is 0 Å². The van der Waals surface area contributed by atoms with E-state index in [1.54, 1.807) is 14.2 Å². The Balaban J connectivity index is 3.43. The molecule has 4 nitrogen and oxygen atoms in total. The fraction of sp³-hybridized carbons (Fsp3) is 1.00. The highest BCUT2D eigenvalue weighted by atomic mass is 16.5. The zero-order valence-corrected chi connectivity index (χ0v) is 12.5. The van der Waals surface area contributed by atoms with Gasteiger partial charge in [0.1, 0.15) is 0 Å². The third kappa shape index (κ3) is 12.3. The summed E-state index contributed by atoms with van der Waals surface area (Å²) < 4.78 is 10.3. The molecule has 0 aromatic heterocycles. The van der Waals surface area contributed by atoms with Gasteiger partial charge in [-0.3, -0.25) is 4.90 Å². The smallest absolute Gasteiger partial charge is 0.0589 e. The minimum atomic E-state index is 0.807. The molecular formula is C14H32N2O2. The molecule has 0 radical (unpaired) electrons. The number of methoxy groups -OCH3 is 2. The third-order valence-corrected chi connectivity index (χ3v) is 2.98. The van der Waals surface area contributed by atoms with E-state index in [0.717, 1.165) is 45.9 Å². The molecule has 0 fully saturated rings. The zero-order chi connectivity index (χ0) is 13.5. The zero-order valence-electron chi connectivity index (χ0n) is 12.5. The lowest BCUT2D eigenvalue weighted by molar-refractivity contribution is 0.113. The maximum Gasteiger partial charge on any atom is 0.0589 e.